The second-order valence-corrected chi connectivity index (χ2v) is 14.1. The van der Waals surface area contributed by atoms with Crippen LogP contribution in [0.5, 0.6) is 0 Å². The molecule has 4 atom stereocenters. The number of aromatic nitrogens is 3. The Kier molecular flexibility index (Phi) is 17.1. The molecule has 0 aliphatic carbocycles. The van der Waals surface area contributed by atoms with E-state index in [1.807, 2.05) is 22.9 Å². The molecular formula is C39H57N5O8. The first-order valence-corrected chi connectivity index (χ1v) is 19.5. The average molecular weight is 724 g/mol. The number of unbranched alkanes of at least 4 members (excludes halogenated alkanes) is 5. The highest BCUT2D eigenvalue weighted by atomic mass is 16.6. The highest BCUT2D eigenvalue weighted by Crippen LogP contribution is 2.32. The Morgan fingerprint density at radius 2 is 1.52 bits per heavy atom. The summed E-state index contributed by atoms with van der Waals surface area (Å²) in [6, 6.07) is 12.8. The van der Waals surface area contributed by atoms with Gasteiger partial charge < -0.3 is 28.7 Å². The van der Waals surface area contributed by atoms with Gasteiger partial charge in [0.25, 0.3) is 5.91 Å². The van der Waals surface area contributed by atoms with Crippen LogP contribution < -0.4 is 5.32 Å². The third-order valence-electron chi connectivity index (χ3n) is 9.80. The van der Waals surface area contributed by atoms with E-state index in [-0.39, 0.29) is 30.2 Å². The Labute approximate surface area is 307 Å². The molecule has 2 aliphatic heterocycles. The summed E-state index contributed by atoms with van der Waals surface area (Å²) >= 11 is 0. The van der Waals surface area contributed by atoms with Crippen LogP contribution >= 0.6 is 0 Å². The topological polar surface area (TPSA) is 153 Å². The van der Waals surface area contributed by atoms with Crippen molar-refractivity contribution in [1.29, 1.82) is 0 Å². The molecule has 2 fully saturated rings. The number of hydrogen-bond donors (Lipinski definition) is 1. The highest BCUT2D eigenvalue weighted by molar-refractivity contribution is 5.91. The minimum absolute atomic E-state index is 0.0212. The van der Waals surface area contributed by atoms with Gasteiger partial charge in [-0.05, 0) is 102 Å². The minimum atomic E-state index is -0.661. The predicted octanol–water partition coefficient (Wildman–Crippen LogP) is 7.89. The van der Waals surface area contributed by atoms with Gasteiger partial charge in [-0.3, -0.25) is 14.9 Å². The molecule has 52 heavy (non-hydrogen) atoms. The number of carbonyl (C=O) groups excluding carboxylic acids is 1. The van der Waals surface area contributed by atoms with E-state index in [1.54, 1.807) is 0 Å². The van der Waals surface area contributed by atoms with E-state index < -0.39 is 16.7 Å². The lowest BCUT2D eigenvalue weighted by molar-refractivity contribution is -0.402. The van der Waals surface area contributed by atoms with Gasteiger partial charge >= 0.3 is 5.88 Å². The number of rotatable bonds is 24. The van der Waals surface area contributed by atoms with Crippen LogP contribution in [0.2, 0.25) is 0 Å². The smallest absolute Gasteiger partial charge is 0.395 e. The summed E-state index contributed by atoms with van der Waals surface area (Å²) in [7, 11) is 0. The van der Waals surface area contributed by atoms with Crippen molar-refractivity contribution in [1.82, 2.24) is 20.3 Å². The van der Waals surface area contributed by atoms with Crippen molar-refractivity contribution in [2.75, 3.05) is 26.4 Å². The van der Waals surface area contributed by atoms with Gasteiger partial charge in [0, 0.05) is 26.4 Å². The fourth-order valence-corrected chi connectivity index (χ4v) is 6.95. The first-order chi connectivity index (χ1) is 25.5. The SMILES string of the molecule is O=C(NCCCCCCOCCCC[C@H]1CCC[C@@H](Cn2cc([C@@H]3CCC[C@H](CCCCOCc4ccccc4)O3)nn2)O1)c1ccc([N+](=O)[O-])o1. The first kappa shape index (κ1) is 39.6. The first-order valence-electron chi connectivity index (χ1n) is 19.5. The molecule has 0 bridgehead atoms. The molecule has 2 aliphatic rings. The lowest BCUT2D eigenvalue weighted by Gasteiger charge is -2.30. The van der Waals surface area contributed by atoms with Crippen LogP contribution in [0.25, 0.3) is 0 Å². The zero-order valence-electron chi connectivity index (χ0n) is 30.5. The van der Waals surface area contributed by atoms with E-state index in [4.69, 9.17) is 23.4 Å². The standard InChI is InChI=1S/C39H57N5O8/c45-39(37-22-23-38(52-37)44(46)47)40-24-8-1-2-9-25-48-26-10-6-16-32-18-12-20-34(50-32)28-43-29-35(41-42-43)36-21-13-19-33(51-36)17-7-11-27-49-30-31-14-4-3-5-15-31/h3-5,14-15,22-23,29,32-34,36H,1-2,6-13,16-21,24-28,30H2,(H,40,45)/t32-,33-,34-,36-/m0/s1. The lowest BCUT2D eigenvalue weighted by Crippen LogP contribution is -2.31. The molecule has 0 unspecified atom stereocenters. The quantitative estimate of drug-likeness (QED) is 0.0548. The Bertz CT molecular complexity index is 1450. The van der Waals surface area contributed by atoms with Crippen LogP contribution in [0, 0.1) is 10.1 Å². The normalized spacial score (nSPS) is 20.5. The maximum Gasteiger partial charge on any atom is 0.433 e. The van der Waals surface area contributed by atoms with Crippen molar-refractivity contribution in [3.8, 4) is 0 Å². The van der Waals surface area contributed by atoms with Crippen LogP contribution in [0.1, 0.15) is 131 Å². The predicted molar refractivity (Wildman–Crippen MR) is 195 cm³/mol. The molecule has 0 spiro atoms. The van der Waals surface area contributed by atoms with Crippen molar-refractivity contribution in [3.63, 3.8) is 0 Å². The molecule has 3 aromatic rings. The summed E-state index contributed by atoms with van der Waals surface area (Å²) in [5.74, 6) is -0.909. The van der Waals surface area contributed by atoms with Gasteiger partial charge in [0.2, 0.25) is 0 Å². The molecule has 1 amide bonds. The second-order valence-electron chi connectivity index (χ2n) is 14.1. The number of nitrogens with zero attached hydrogens (tertiary/aromatic N) is 4. The van der Waals surface area contributed by atoms with Crippen LogP contribution in [0.15, 0.2) is 53.1 Å². The number of furan rings is 1. The van der Waals surface area contributed by atoms with E-state index in [2.05, 4.69) is 34.0 Å². The van der Waals surface area contributed by atoms with Crippen molar-refractivity contribution in [2.24, 2.45) is 0 Å². The van der Waals surface area contributed by atoms with Crippen LogP contribution in [-0.2, 0) is 32.1 Å². The number of carbonyl (C=O) groups is 1. The molecule has 2 saturated heterocycles. The maximum absolute atomic E-state index is 12.0. The van der Waals surface area contributed by atoms with Gasteiger partial charge in [-0.25, -0.2) is 4.68 Å². The van der Waals surface area contributed by atoms with Gasteiger partial charge in [-0.15, -0.1) is 5.10 Å². The molecule has 13 heteroatoms. The van der Waals surface area contributed by atoms with Crippen molar-refractivity contribution < 1.29 is 33.1 Å². The highest BCUT2D eigenvalue weighted by Gasteiger charge is 2.27. The second kappa shape index (κ2) is 22.4. The molecule has 1 N–H and O–H groups in total. The molecule has 0 saturated carbocycles. The average Bonchev–Trinajstić information content (AvgIpc) is 3.85. The number of nitro groups is 1. The molecule has 5 rings (SSSR count). The molecule has 4 heterocycles. The number of ether oxygens (including phenoxy) is 4. The Morgan fingerprint density at radius 1 is 0.827 bits per heavy atom. The minimum Gasteiger partial charge on any atom is -0.395 e. The van der Waals surface area contributed by atoms with E-state index in [0.717, 1.165) is 128 Å². The van der Waals surface area contributed by atoms with Crippen LogP contribution in [0.4, 0.5) is 5.88 Å². The number of nitrogens with one attached hydrogen (secondary N) is 1. The number of hydrogen-bond acceptors (Lipinski definition) is 10. The molecule has 2 aromatic heterocycles. The fourth-order valence-electron chi connectivity index (χ4n) is 6.95. The summed E-state index contributed by atoms with van der Waals surface area (Å²) < 4.78 is 31.5. The molecule has 1 aromatic carbocycles. The van der Waals surface area contributed by atoms with Crippen molar-refractivity contribution in [3.05, 3.63) is 75.8 Å². The molecule has 286 valence electrons. The summed E-state index contributed by atoms with van der Waals surface area (Å²) in [6.07, 6.45) is 19.6. The Morgan fingerprint density at radius 3 is 2.29 bits per heavy atom. The summed E-state index contributed by atoms with van der Waals surface area (Å²) in [6.45, 7) is 4.18. The maximum atomic E-state index is 12.0. The lowest BCUT2D eigenvalue weighted by atomic mass is 9.99. The zero-order chi connectivity index (χ0) is 36.2. The van der Waals surface area contributed by atoms with E-state index in [9.17, 15) is 14.9 Å². The van der Waals surface area contributed by atoms with Gasteiger partial charge in [-0.1, -0.05) is 48.4 Å². The summed E-state index contributed by atoms with van der Waals surface area (Å²) in [5, 5.41) is 22.4. The molecule has 13 nitrogen and oxygen atoms in total. The number of benzene rings is 1. The third kappa shape index (κ3) is 14.1. The van der Waals surface area contributed by atoms with Crippen LogP contribution in [0.3, 0.4) is 0 Å². The summed E-state index contributed by atoms with van der Waals surface area (Å²) in [5.41, 5.74) is 2.16. The third-order valence-corrected chi connectivity index (χ3v) is 9.80. The molecular weight excluding hydrogens is 666 g/mol. The zero-order valence-corrected chi connectivity index (χ0v) is 30.5. The Balaban J connectivity index is 0.852. The largest absolute Gasteiger partial charge is 0.433 e. The van der Waals surface area contributed by atoms with Gasteiger partial charge in [0.05, 0.1) is 43.7 Å². The van der Waals surface area contributed by atoms with Gasteiger partial charge in [0.15, 0.2) is 5.76 Å². The fraction of sp³-hybridized carbons (Fsp3) is 0.667. The van der Waals surface area contributed by atoms with Gasteiger partial charge in [0.1, 0.15) is 16.7 Å². The van der Waals surface area contributed by atoms with E-state index in [1.165, 1.54) is 24.1 Å². The van der Waals surface area contributed by atoms with E-state index in [0.29, 0.717) is 13.2 Å². The summed E-state index contributed by atoms with van der Waals surface area (Å²) in [4.78, 5) is 22.0. The number of amides is 1. The van der Waals surface area contributed by atoms with Crippen LogP contribution in [-0.4, -0.2) is 70.5 Å². The monoisotopic (exact) mass is 723 g/mol. The van der Waals surface area contributed by atoms with Crippen molar-refractivity contribution in [2.45, 2.75) is 140 Å². The Hall–Kier alpha value is -3.65. The molecule has 0 radical (unpaired) electrons. The van der Waals surface area contributed by atoms with E-state index >= 15 is 0 Å². The van der Waals surface area contributed by atoms with Crippen molar-refractivity contribution >= 4 is 11.8 Å². The van der Waals surface area contributed by atoms with Gasteiger partial charge in [-0.2, -0.15) is 0 Å².